The van der Waals surface area contributed by atoms with Crippen LogP contribution in [0.3, 0.4) is 0 Å². The van der Waals surface area contributed by atoms with E-state index in [9.17, 15) is 4.79 Å². The van der Waals surface area contributed by atoms with E-state index in [-0.39, 0.29) is 19.1 Å². The quantitative estimate of drug-likeness (QED) is 0.792. The van der Waals surface area contributed by atoms with Gasteiger partial charge in [0.15, 0.2) is 6.61 Å². The van der Waals surface area contributed by atoms with Crippen molar-refractivity contribution in [3.8, 4) is 5.75 Å². The van der Waals surface area contributed by atoms with Crippen LogP contribution in [0, 0.1) is 0 Å². The fourth-order valence-electron chi connectivity index (χ4n) is 3.08. The first-order chi connectivity index (χ1) is 11.6. The number of benzene rings is 1. The van der Waals surface area contributed by atoms with E-state index in [2.05, 4.69) is 11.9 Å². The highest BCUT2D eigenvalue weighted by Gasteiger charge is 2.18. The molecule has 0 spiro atoms. The molecule has 5 heteroatoms. The maximum absolute atomic E-state index is 12.2. The van der Waals surface area contributed by atoms with Crippen molar-refractivity contribution >= 4 is 5.91 Å². The Balaban J connectivity index is 1.69. The van der Waals surface area contributed by atoms with Crippen LogP contribution in [0.25, 0.3) is 0 Å². The average molecular weight is 334 g/mol. The summed E-state index contributed by atoms with van der Waals surface area (Å²) in [6.45, 7) is 1.68. The Labute approximate surface area is 145 Å². The minimum absolute atomic E-state index is 0.0104. The molecular formula is C19H30N2O3. The van der Waals surface area contributed by atoms with Crippen LogP contribution in [-0.4, -0.2) is 60.6 Å². The molecule has 1 aliphatic carbocycles. The van der Waals surface area contributed by atoms with Gasteiger partial charge in [-0.25, -0.2) is 0 Å². The first-order valence-corrected chi connectivity index (χ1v) is 8.87. The fraction of sp³-hybridized carbons (Fsp3) is 0.632. The standard InChI is InChI=1S/C19H30N2O3/c1-20(17-6-4-3-5-7-17)12-13-21(2)19(23)15-24-18-10-8-16(14-22)9-11-18/h8-11,17,22H,3-7,12-15H2,1-2H3. The third kappa shape index (κ3) is 5.80. The minimum atomic E-state index is -0.0155. The summed E-state index contributed by atoms with van der Waals surface area (Å²) in [5, 5.41) is 9.01. The molecule has 1 aromatic carbocycles. The zero-order valence-corrected chi connectivity index (χ0v) is 14.9. The Hall–Kier alpha value is -1.59. The highest BCUT2D eigenvalue weighted by Crippen LogP contribution is 2.21. The molecule has 0 aromatic heterocycles. The second-order valence-electron chi connectivity index (χ2n) is 6.68. The number of hydrogen-bond donors (Lipinski definition) is 1. The van der Waals surface area contributed by atoms with Crippen LogP contribution in [0.15, 0.2) is 24.3 Å². The predicted octanol–water partition coefficient (Wildman–Crippen LogP) is 2.28. The number of rotatable bonds is 8. The lowest BCUT2D eigenvalue weighted by atomic mass is 9.94. The Kier molecular flexibility index (Phi) is 7.53. The second kappa shape index (κ2) is 9.64. The number of carbonyl (C=O) groups is 1. The maximum Gasteiger partial charge on any atom is 0.260 e. The van der Waals surface area contributed by atoms with Gasteiger partial charge in [-0.15, -0.1) is 0 Å². The molecule has 24 heavy (non-hydrogen) atoms. The number of aliphatic hydroxyl groups excluding tert-OH is 1. The van der Waals surface area contributed by atoms with Gasteiger partial charge in [-0.3, -0.25) is 4.79 Å². The van der Waals surface area contributed by atoms with Gasteiger partial charge in [0.1, 0.15) is 5.75 Å². The molecule has 1 fully saturated rings. The van der Waals surface area contributed by atoms with Crippen LogP contribution in [0.1, 0.15) is 37.7 Å². The van der Waals surface area contributed by atoms with E-state index in [4.69, 9.17) is 9.84 Å². The SMILES string of the molecule is CN(CCN(C)C1CCCCC1)C(=O)COc1ccc(CO)cc1. The summed E-state index contributed by atoms with van der Waals surface area (Å²) in [5.41, 5.74) is 0.830. The van der Waals surface area contributed by atoms with E-state index >= 15 is 0 Å². The molecule has 1 aromatic rings. The number of carbonyl (C=O) groups excluding carboxylic acids is 1. The average Bonchev–Trinajstić information content (AvgIpc) is 2.64. The van der Waals surface area contributed by atoms with Gasteiger partial charge in [-0.1, -0.05) is 31.4 Å². The molecule has 1 saturated carbocycles. The van der Waals surface area contributed by atoms with Crippen molar-refractivity contribution in [1.29, 1.82) is 0 Å². The molecule has 0 bridgehead atoms. The van der Waals surface area contributed by atoms with E-state index in [0.29, 0.717) is 11.8 Å². The molecule has 0 atom stereocenters. The first-order valence-electron chi connectivity index (χ1n) is 8.87. The van der Waals surface area contributed by atoms with Crippen molar-refractivity contribution in [3.05, 3.63) is 29.8 Å². The summed E-state index contributed by atoms with van der Waals surface area (Å²) in [4.78, 5) is 16.3. The van der Waals surface area contributed by atoms with Crippen molar-refractivity contribution in [3.63, 3.8) is 0 Å². The van der Waals surface area contributed by atoms with Crippen molar-refractivity contribution < 1.29 is 14.6 Å². The highest BCUT2D eigenvalue weighted by atomic mass is 16.5. The molecule has 5 nitrogen and oxygen atoms in total. The van der Waals surface area contributed by atoms with E-state index in [1.807, 2.05) is 7.05 Å². The van der Waals surface area contributed by atoms with Crippen LogP contribution in [-0.2, 0) is 11.4 Å². The second-order valence-corrected chi connectivity index (χ2v) is 6.68. The third-order valence-corrected chi connectivity index (χ3v) is 4.88. The largest absolute Gasteiger partial charge is 0.484 e. The molecule has 0 saturated heterocycles. The van der Waals surface area contributed by atoms with Gasteiger partial charge in [0.25, 0.3) is 5.91 Å². The van der Waals surface area contributed by atoms with Crippen molar-refractivity contribution in [2.24, 2.45) is 0 Å². The van der Waals surface area contributed by atoms with Gasteiger partial charge >= 0.3 is 0 Å². The summed E-state index contributed by atoms with van der Waals surface area (Å²) in [6, 6.07) is 7.81. The molecule has 0 heterocycles. The lowest BCUT2D eigenvalue weighted by Crippen LogP contribution is -2.41. The number of likely N-dealkylation sites (N-methyl/N-ethyl adjacent to an activating group) is 2. The van der Waals surface area contributed by atoms with Crippen molar-refractivity contribution in [2.45, 2.75) is 44.8 Å². The van der Waals surface area contributed by atoms with E-state index in [1.54, 1.807) is 29.2 Å². The number of aliphatic hydroxyl groups is 1. The summed E-state index contributed by atoms with van der Waals surface area (Å²) < 4.78 is 5.53. The molecule has 2 rings (SSSR count). The summed E-state index contributed by atoms with van der Waals surface area (Å²) in [6.07, 6.45) is 6.57. The number of ether oxygens (including phenoxy) is 1. The van der Waals surface area contributed by atoms with Crippen molar-refractivity contribution in [1.82, 2.24) is 9.80 Å². The highest BCUT2D eigenvalue weighted by molar-refractivity contribution is 5.77. The van der Waals surface area contributed by atoms with Gasteiger partial charge in [0.05, 0.1) is 6.61 Å². The first kappa shape index (κ1) is 18.7. The zero-order valence-electron chi connectivity index (χ0n) is 14.9. The van der Waals surface area contributed by atoms with Crippen LogP contribution in [0.2, 0.25) is 0 Å². The zero-order chi connectivity index (χ0) is 17.4. The molecule has 1 N–H and O–H groups in total. The number of nitrogens with zero attached hydrogens (tertiary/aromatic N) is 2. The van der Waals surface area contributed by atoms with Crippen LogP contribution in [0.4, 0.5) is 0 Å². The van der Waals surface area contributed by atoms with E-state index in [0.717, 1.165) is 18.7 Å². The van der Waals surface area contributed by atoms with Gasteiger partial charge < -0.3 is 19.6 Å². The summed E-state index contributed by atoms with van der Waals surface area (Å²) in [5.74, 6) is 0.631. The Morgan fingerprint density at radius 2 is 1.79 bits per heavy atom. The molecule has 0 unspecified atom stereocenters. The normalized spacial score (nSPS) is 15.5. The topological polar surface area (TPSA) is 53.0 Å². The Morgan fingerprint density at radius 3 is 2.42 bits per heavy atom. The molecule has 0 radical (unpaired) electrons. The monoisotopic (exact) mass is 334 g/mol. The smallest absolute Gasteiger partial charge is 0.260 e. The van der Waals surface area contributed by atoms with Crippen molar-refractivity contribution in [2.75, 3.05) is 33.8 Å². The van der Waals surface area contributed by atoms with Gasteiger partial charge in [-0.05, 0) is 37.6 Å². The molecular weight excluding hydrogens is 304 g/mol. The number of amides is 1. The Bertz CT molecular complexity index is 498. The maximum atomic E-state index is 12.2. The molecule has 0 aliphatic heterocycles. The summed E-state index contributed by atoms with van der Waals surface area (Å²) >= 11 is 0. The van der Waals surface area contributed by atoms with Crippen LogP contribution in [0.5, 0.6) is 5.75 Å². The molecule has 134 valence electrons. The Morgan fingerprint density at radius 1 is 1.12 bits per heavy atom. The van der Waals surface area contributed by atoms with Gasteiger partial charge in [0.2, 0.25) is 0 Å². The fourth-order valence-corrected chi connectivity index (χ4v) is 3.08. The third-order valence-electron chi connectivity index (χ3n) is 4.88. The summed E-state index contributed by atoms with van der Waals surface area (Å²) in [7, 11) is 3.99. The lowest BCUT2D eigenvalue weighted by molar-refractivity contribution is -0.132. The molecule has 1 amide bonds. The van der Waals surface area contributed by atoms with Gasteiger partial charge in [-0.2, -0.15) is 0 Å². The number of hydrogen-bond acceptors (Lipinski definition) is 4. The van der Waals surface area contributed by atoms with E-state index in [1.165, 1.54) is 32.1 Å². The van der Waals surface area contributed by atoms with Gasteiger partial charge in [0, 0.05) is 26.2 Å². The van der Waals surface area contributed by atoms with Crippen LogP contribution < -0.4 is 4.74 Å². The minimum Gasteiger partial charge on any atom is -0.484 e. The van der Waals surface area contributed by atoms with Crippen LogP contribution >= 0.6 is 0 Å². The predicted molar refractivity (Wildman–Crippen MR) is 95.0 cm³/mol. The van der Waals surface area contributed by atoms with E-state index < -0.39 is 0 Å². The molecule has 1 aliphatic rings. The lowest BCUT2D eigenvalue weighted by Gasteiger charge is -2.32.